The fourth-order valence-electron chi connectivity index (χ4n) is 7.50. The van der Waals surface area contributed by atoms with Crippen LogP contribution in [-0.4, -0.2) is 73.4 Å². The van der Waals surface area contributed by atoms with E-state index < -0.39 is 20.0 Å². The van der Waals surface area contributed by atoms with Gasteiger partial charge in [0.2, 0.25) is 5.91 Å². The molecule has 0 saturated carbocycles. The number of hydrogen-bond acceptors (Lipinski definition) is 5. The van der Waals surface area contributed by atoms with Gasteiger partial charge in [-0.05, 0) is 12.8 Å². The molecule has 0 aromatic heterocycles. The number of phosphoric ester groups is 1. The summed E-state index contributed by atoms with van der Waals surface area (Å²) in [6.07, 6.45) is 46.2. The van der Waals surface area contributed by atoms with Crippen LogP contribution in [0.15, 0.2) is 0 Å². The van der Waals surface area contributed by atoms with Gasteiger partial charge in [0, 0.05) is 6.42 Å². The third kappa shape index (κ3) is 41.7. The van der Waals surface area contributed by atoms with Gasteiger partial charge in [-0.2, -0.15) is 0 Å². The molecule has 0 aliphatic heterocycles. The summed E-state index contributed by atoms with van der Waals surface area (Å²) in [6, 6.07) is -0.750. The quantitative estimate of drug-likeness (QED) is 0.0321. The van der Waals surface area contributed by atoms with Crippen LogP contribution in [-0.2, 0) is 18.4 Å². The smallest absolute Gasteiger partial charge is 0.391 e. The lowest BCUT2D eigenvalue weighted by Crippen LogP contribution is -2.46. The molecule has 0 saturated heterocycles. The molecular weight excluding hydrogens is 719 g/mol. The maximum atomic E-state index is 12.4. The Morgan fingerprint density at radius 3 is 1.16 bits per heavy atom. The zero-order chi connectivity index (χ0) is 41.4. The predicted octanol–water partition coefficient (Wildman–Crippen LogP) is 13.8. The van der Waals surface area contributed by atoms with Crippen LogP contribution >= 0.6 is 7.82 Å². The summed E-state index contributed by atoms with van der Waals surface area (Å²) in [5, 5.41) is 13.6. The number of aliphatic hydroxyl groups is 1. The van der Waals surface area contributed by atoms with Gasteiger partial charge in [-0.3, -0.25) is 13.8 Å². The molecule has 0 rings (SSSR count). The second-order valence-corrected chi connectivity index (χ2v) is 19.7. The van der Waals surface area contributed by atoms with Crippen molar-refractivity contribution in [2.24, 2.45) is 0 Å². The van der Waals surface area contributed by atoms with Gasteiger partial charge < -0.3 is 19.8 Å². The van der Waals surface area contributed by atoms with Crippen LogP contribution in [0.25, 0.3) is 0 Å². The van der Waals surface area contributed by atoms with Crippen molar-refractivity contribution in [1.82, 2.24) is 5.32 Å². The van der Waals surface area contributed by atoms with Crippen molar-refractivity contribution in [2.75, 3.05) is 40.9 Å². The Kier molecular flexibility index (Phi) is 39.6. The molecule has 0 bridgehead atoms. The van der Waals surface area contributed by atoms with Gasteiger partial charge in [-0.25, -0.2) is 4.57 Å². The van der Waals surface area contributed by atoms with Crippen molar-refractivity contribution in [2.45, 2.75) is 257 Å². The zero-order valence-electron chi connectivity index (χ0n) is 38.2. The summed E-state index contributed by atoms with van der Waals surface area (Å²) in [7, 11) is 1.62. The Balaban J connectivity index is 3.59. The van der Waals surface area contributed by atoms with Crippen LogP contribution in [0.4, 0.5) is 0 Å². The van der Waals surface area contributed by atoms with Gasteiger partial charge in [0.05, 0.1) is 39.9 Å². The highest BCUT2D eigenvalue weighted by Gasteiger charge is 2.28. The van der Waals surface area contributed by atoms with Crippen LogP contribution < -0.4 is 5.32 Å². The molecule has 9 heteroatoms. The lowest BCUT2D eigenvalue weighted by Gasteiger charge is -2.26. The lowest BCUT2D eigenvalue weighted by atomic mass is 10.0. The molecule has 0 aliphatic rings. The molecule has 3 unspecified atom stereocenters. The standard InChI is InChI=1S/C47H97N2O6P/c1-6-8-9-10-11-12-13-14-15-16-17-18-19-20-21-22-23-24-25-26-27-28-29-30-31-32-33-34-35-36-37-38-39-41-46(50)45(48-47(51)40-7-2)44-55-56(52,53)54-43-42-49(3,4)5/h45-46,50H,6-44H2,1-5H3,(H-,48,51,52,53)/p+1. The van der Waals surface area contributed by atoms with E-state index in [1.807, 2.05) is 28.1 Å². The summed E-state index contributed by atoms with van der Waals surface area (Å²) in [5.41, 5.74) is 0. The van der Waals surface area contributed by atoms with Crippen molar-refractivity contribution in [3.05, 3.63) is 0 Å². The molecule has 3 N–H and O–H groups in total. The van der Waals surface area contributed by atoms with E-state index in [1.165, 1.54) is 193 Å². The highest BCUT2D eigenvalue weighted by atomic mass is 31.2. The van der Waals surface area contributed by atoms with Crippen molar-refractivity contribution in [1.29, 1.82) is 0 Å². The van der Waals surface area contributed by atoms with Crippen LogP contribution in [0.2, 0.25) is 0 Å². The van der Waals surface area contributed by atoms with Gasteiger partial charge in [0.15, 0.2) is 0 Å². The zero-order valence-corrected chi connectivity index (χ0v) is 39.0. The molecule has 336 valence electrons. The first-order valence-corrected chi connectivity index (χ1v) is 25.9. The summed E-state index contributed by atoms with van der Waals surface area (Å²) in [6.45, 7) is 4.57. The summed E-state index contributed by atoms with van der Waals surface area (Å²) < 4.78 is 23.2. The number of likely N-dealkylation sites (N-methyl/N-ethyl adjacent to an activating group) is 1. The average Bonchev–Trinajstić information content (AvgIpc) is 3.14. The number of nitrogens with one attached hydrogen (secondary N) is 1. The van der Waals surface area contributed by atoms with Crippen molar-refractivity contribution >= 4 is 13.7 Å². The fourth-order valence-corrected chi connectivity index (χ4v) is 8.24. The van der Waals surface area contributed by atoms with E-state index in [1.54, 1.807) is 0 Å². The number of amides is 1. The van der Waals surface area contributed by atoms with Gasteiger partial charge in [-0.15, -0.1) is 0 Å². The molecule has 0 spiro atoms. The van der Waals surface area contributed by atoms with E-state index in [4.69, 9.17) is 9.05 Å². The van der Waals surface area contributed by atoms with Crippen LogP contribution in [0.5, 0.6) is 0 Å². The van der Waals surface area contributed by atoms with E-state index in [2.05, 4.69) is 12.2 Å². The van der Waals surface area contributed by atoms with E-state index in [0.29, 0.717) is 30.3 Å². The first kappa shape index (κ1) is 55.5. The van der Waals surface area contributed by atoms with Gasteiger partial charge in [0.1, 0.15) is 13.2 Å². The number of quaternary nitrogens is 1. The van der Waals surface area contributed by atoms with E-state index in [9.17, 15) is 19.4 Å². The molecular formula is C47H98N2O6P+. The maximum Gasteiger partial charge on any atom is 0.472 e. The fraction of sp³-hybridized carbons (Fsp3) is 0.979. The monoisotopic (exact) mass is 818 g/mol. The molecule has 3 atom stereocenters. The Labute approximate surface area is 349 Å². The van der Waals surface area contributed by atoms with Crippen LogP contribution in [0, 0.1) is 0 Å². The second kappa shape index (κ2) is 39.9. The van der Waals surface area contributed by atoms with Gasteiger partial charge in [-0.1, -0.05) is 226 Å². The molecule has 1 amide bonds. The SMILES string of the molecule is CCCCCCCCCCCCCCCCCCCCCCCCCCCCCCCCCCCC(O)C(COP(=O)(O)OCC[N+](C)(C)C)NC(=O)CCC. The number of carbonyl (C=O) groups is 1. The van der Waals surface area contributed by atoms with Crippen molar-refractivity contribution in [3.8, 4) is 0 Å². The molecule has 0 aliphatic carbocycles. The Bertz CT molecular complexity index is 885. The van der Waals surface area contributed by atoms with Gasteiger partial charge in [0.25, 0.3) is 0 Å². The molecule has 0 fully saturated rings. The topological polar surface area (TPSA) is 105 Å². The minimum atomic E-state index is -4.28. The highest BCUT2D eigenvalue weighted by molar-refractivity contribution is 7.47. The number of unbranched alkanes of at least 4 members (excludes halogenated alkanes) is 32. The second-order valence-electron chi connectivity index (χ2n) is 18.2. The van der Waals surface area contributed by atoms with Crippen LogP contribution in [0.3, 0.4) is 0 Å². The maximum absolute atomic E-state index is 12.4. The first-order chi connectivity index (χ1) is 27.0. The predicted molar refractivity (Wildman–Crippen MR) is 240 cm³/mol. The highest BCUT2D eigenvalue weighted by Crippen LogP contribution is 2.43. The third-order valence-electron chi connectivity index (χ3n) is 11.3. The molecule has 0 aromatic carbocycles. The largest absolute Gasteiger partial charge is 0.472 e. The Hall–Kier alpha value is -0.500. The molecule has 56 heavy (non-hydrogen) atoms. The van der Waals surface area contributed by atoms with Crippen molar-refractivity contribution in [3.63, 3.8) is 0 Å². The lowest BCUT2D eigenvalue weighted by molar-refractivity contribution is -0.870. The average molecular weight is 818 g/mol. The van der Waals surface area contributed by atoms with E-state index >= 15 is 0 Å². The van der Waals surface area contributed by atoms with E-state index in [0.717, 1.165) is 19.3 Å². The summed E-state index contributed by atoms with van der Waals surface area (Å²) >= 11 is 0. The number of hydrogen-bond donors (Lipinski definition) is 3. The molecule has 0 aromatic rings. The number of nitrogens with zero attached hydrogens (tertiary/aromatic N) is 1. The minimum absolute atomic E-state index is 0.0758. The number of phosphoric acid groups is 1. The van der Waals surface area contributed by atoms with Gasteiger partial charge >= 0.3 is 7.82 Å². The summed E-state index contributed by atoms with van der Waals surface area (Å²) in [4.78, 5) is 22.3. The summed E-state index contributed by atoms with van der Waals surface area (Å²) in [5.74, 6) is -0.194. The normalized spacial score (nSPS) is 14.2. The Morgan fingerprint density at radius 2 is 0.857 bits per heavy atom. The number of carbonyl (C=O) groups excluding carboxylic acids is 1. The Morgan fingerprint density at radius 1 is 0.536 bits per heavy atom. The van der Waals surface area contributed by atoms with Crippen LogP contribution in [0.1, 0.15) is 245 Å². The molecule has 0 radical (unpaired) electrons. The number of aliphatic hydroxyl groups excluding tert-OH is 1. The molecule has 0 heterocycles. The third-order valence-corrected chi connectivity index (χ3v) is 12.3. The number of rotatable bonds is 45. The van der Waals surface area contributed by atoms with Crippen molar-refractivity contribution < 1.29 is 32.9 Å². The first-order valence-electron chi connectivity index (χ1n) is 24.4. The molecule has 8 nitrogen and oxygen atoms in total. The minimum Gasteiger partial charge on any atom is -0.391 e. The van der Waals surface area contributed by atoms with E-state index in [-0.39, 0.29) is 19.1 Å².